The van der Waals surface area contributed by atoms with Gasteiger partial charge in [-0.2, -0.15) is 5.10 Å². The van der Waals surface area contributed by atoms with Gasteiger partial charge in [0, 0.05) is 18.0 Å². The fourth-order valence-electron chi connectivity index (χ4n) is 1.71. The molecule has 2 rings (SSSR count). The summed E-state index contributed by atoms with van der Waals surface area (Å²) in [6.07, 6.45) is 3.36. The van der Waals surface area contributed by atoms with Gasteiger partial charge in [-0.3, -0.25) is 4.98 Å². The number of aromatic nitrogens is 3. The third-order valence-corrected chi connectivity index (χ3v) is 2.95. The number of pyridine rings is 1. The number of halogens is 1. The molecule has 0 bridgehead atoms. The van der Waals surface area contributed by atoms with Crippen LogP contribution in [0.1, 0.15) is 31.0 Å². The Labute approximate surface area is 105 Å². The maximum Gasteiger partial charge on any atom is 0.138 e. The van der Waals surface area contributed by atoms with Crippen molar-refractivity contribution in [3.8, 4) is 5.69 Å². The van der Waals surface area contributed by atoms with Crippen molar-refractivity contribution in [3.05, 3.63) is 40.9 Å². The van der Waals surface area contributed by atoms with E-state index in [2.05, 4.69) is 10.1 Å². The van der Waals surface area contributed by atoms with Crippen molar-refractivity contribution >= 4 is 11.6 Å². The van der Waals surface area contributed by atoms with Crippen molar-refractivity contribution in [2.45, 2.75) is 26.4 Å². The Bertz CT molecular complexity index is 508. The van der Waals surface area contributed by atoms with E-state index in [1.165, 1.54) is 0 Å². The normalized spacial score (nSPS) is 11.1. The second kappa shape index (κ2) is 4.85. The minimum atomic E-state index is -0.0998. The van der Waals surface area contributed by atoms with Crippen LogP contribution in [-0.4, -0.2) is 19.9 Å². The third kappa shape index (κ3) is 2.18. The summed E-state index contributed by atoms with van der Waals surface area (Å²) < 4.78 is 1.63. The van der Waals surface area contributed by atoms with Crippen molar-refractivity contribution in [2.24, 2.45) is 0 Å². The van der Waals surface area contributed by atoms with Crippen LogP contribution < -0.4 is 0 Å². The molecule has 0 spiro atoms. The van der Waals surface area contributed by atoms with Crippen LogP contribution in [0.2, 0.25) is 5.15 Å². The topological polar surface area (TPSA) is 50.9 Å². The number of aliphatic hydroxyl groups is 1. The standard InChI is InChI=1S/C12H14ClN3O/c1-8(2)11-10(7-17)12(13)16(15-11)9-3-5-14-6-4-9/h3-6,8,17H,7H2,1-2H3. The Kier molecular flexibility index (Phi) is 3.45. The Morgan fingerprint density at radius 3 is 2.47 bits per heavy atom. The zero-order valence-electron chi connectivity index (χ0n) is 9.76. The molecule has 2 heterocycles. The lowest BCUT2D eigenvalue weighted by molar-refractivity contribution is 0.280. The van der Waals surface area contributed by atoms with E-state index < -0.39 is 0 Å². The van der Waals surface area contributed by atoms with E-state index in [9.17, 15) is 5.11 Å². The van der Waals surface area contributed by atoms with E-state index in [1.807, 2.05) is 26.0 Å². The van der Waals surface area contributed by atoms with E-state index in [0.29, 0.717) is 10.7 Å². The van der Waals surface area contributed by atoms with Gasteiger partial charge < -0.3 is 5.11 Å². The van der Waals surface area contributed by atoms with Crippen LogP contribution in [0.3, 0.4) is 0 Å². The fourth-order valence-corrected chi connectivity index (χ4v) is 2.00. The van der Waals surface area contributed by atoms with Crippen molar-refractivity contribution in [3.63, 3.8) is 0 Å². The summed E-state index contributed by atoms with van der Waals surface area (Å²) in [6.45, 7) is 3.95. The molecule has 4 nitrogen and oxygen atoms in total. The van der Waals surface area contributed by atoms with Crippen molar-refractivity contribution in [2.75, 3.05) is 0 Å². The summed E-state index contributed by atoms with van der Waals surface area (Å²) in [5, 5.41) is 14.3. The quantitative estimate of drug-likeness (QED) is 0.912. The summed E-state index contributed by atoms with van der Waals surface area (Å²) in [5.74, 6) is 0.220. The van der Waals surface area contributed by atoms with Gasteiger partial charge in [0.05, 0.1) is 18.0 Å². The summed E-state index contributed by atoms with van der Waals surface area (Å²) in [7, 11) is 0. The number of nitrogens with zero attached hydrogens (tertiary/aromatic N) is 3. The average Bonchev–Trinajstić information content (AvgIpc) is 2.67. The van der Waals surface area contributed by atoms with Gasteiger partial charge in [-0.05, 0) is 18.1 Å². The van der Waals surface area contributed by atoms with Crippen LogP contribution in [0.5, 0.6) is 0 Å². The Morgan fingerprint density at radius 1 is 1.35 bits per heavy atom. The number of hydrogen-bond donors (Lipinski definition) is 1. The van der Waals surface area contributed by atoms with Crippen LogP contribution in [-0.2, 0) is 6.61 Å². The van der Waals surface area contributed by atoms with E-state index >= 15 is 0 Å². The van der Waals surface area contributed by atoms with Gasteiger partial charge in [0.2, 0.25) is 0 Å². The number of hydrogen-bond acceptors (Lipinski definition) is 3. The maximum atomic E-state index is 9.36. The molecule has 0 fully saturated rings. The first kappa shape index (κ1) is 12.1. The first-order valence-electron chi connectivity index (χ1n) is 5.43. The number of aliphatic hydroxyl groups excluding tert-OH is 1. The van der Waals surface area contributed by atoms with Gasteiger partial charge in [-0.25, -0.2) is 4.68 Å². The molecule has 0 radical (unpaired) electrons. The summed E-state index contributed by atoms with van der Waals surface area (Å²) >= 11 is 6.23. The predicted molar refractivity (Wildman–Crippen MR) is 66.4 cm³/mol. The van der Waals surface area contributed by atoms with Crippen LogP contribution in [0.25, 0.3) is 5.69 Å². The molecular formula is C12H14ClN3O. The first-order chi connectivity index (χ1) is 8.15. The van der Waals surface area contributed by atoms with E-state index in [-0.39, 0.29) is 12.5 Å². The van der Waals surface area contributed by atoms with Crippen LogP contribution >= 0.6 is 11.6 Å². The molecule has 0 aliphatic heterocycles. The second-order valence-corrected chi connectivity index (χ2v) is 4.44. The molecule has 2 aromatic heterocycles. The Balaban J connectivity index is 2.57. The molecule has 2 aromatic rings. The molecule has 0 aromatic carbocycles. The highest BCUT2D eigenvalue weighted by Crippen LogP contribution is 2.27. The minimum Gasteiger partial charge on any atom is -0.391 e. The predicted octanol–water partition coefficient (Wildman–Crippen LogP) is 2.54. The van der Waals surface area contributed by atoms with Gasteiger partial charge in [-0.15, -0.1) is 0 Å². The van der Waals surface area contributed by atoms with Gasteiger partial charge in [-0.1, -0.05) is 25.4 Å². The molecule has 5 heteroatoms. The Morgan fingerprint density at radius 2 is 2.00 bits per heavy atom. The van der Waals surface area contributed by atoms with Gasteiger partial charge in [0.25, 0.3) is 0 Å². The molecule has 17 heavy (non-hydrogen) atoms. The lowest BCUT2D eigenvalue weighted by Gasteiger charge is -2.01. The monoisotopic (exact) mass is 251 g/mol. The average molecular weight is 252 g/mol. The van der Waals surface area contributed by atoms with E-state index in [0.717, 1.165) is 11.4 Å². The lowest BCUT2D eigenvalue weighted by atomic mass is 10.1. The Hall–Kier alpha value is -1.39. The van der Waals surface area contributed by atoms with Crippen molar-refractivity contribution in [1.29, 1.82) is 0 Å². The fraction of sp³-hybridized carbons (Fsp3) is 0.333. The molecule has 0 saturated carbocycles. The minimum absolute atomic E-state index is 0.0998. The molecule has 0 aliphatic rings. The summed E-state index contributed by atoms with van der Waals surface area (Å²) in [5.41, 5.74) is 2.36. The summed E-state index contributed by atoms with van der Waals surface area (Å²) in [4.78, 5) is 3.95. The number of rotatable bonds is 3. The van der Waals surface area contributed by atoms with Crippen molar-refractivity contribution in [1.82, 2.24) is 14.8 Å². The van der Waals surface area contributed by atoms with Crippen LogP contribution in [0, 0.1) is 0 Å². The molecule has 0 saturated heterocycles. The SMILES string of the molecule is CC(C)c1nn(-c2ccncc2)c(Cl)c1CO. The highest BCUT2D eigenvalue weighted by Gasteiger charge is 2.18. The highest BCUT2D eigenvalue weighted by molar-refractivity contribution is 6.30. The third-order valence-electron chi connectivity index (χ3n) is 2.56. The molecule has 1 N–H and O–H groups in total. The van der Waals surface area contributed by atoms with Crippen LogP contribution in [0.15, 0.2) is 24.5 Å². The van der Waals surface area contributed by atoms with Gasteiger partial charge >= 0.3 is 0 Å². The molecular weight excluding hydrogens is 238 g/mol. The second-order valence-electron chi connectivity index (χ2n) is 4.08. The van der Waals surface area contributed by atoms with E-state index in [4.69, 9.17) is 11.6 Å². The molecule has 0 atom stereocenters. The molecule has 0 unspecified atom stereocenters. The van der Waals surface area contributed by atoms with E-state index in [1.54, 1.807) is 17.1 Å². The lowest BCUT2D eigenvalue weighted by Crippen LogP contribution is -1.98. The summed E-state index contributed by atoms with van der Waals surface area (Å²) in [6, 6.07) is 3.65. The van der Waals surface area contributed by atoms with Crippen LogP contribution in [0.4, 0.5) is 0 Å². The van der Waals surface area contributed by atoms with Crippen molar-refractivity contribution < 1.29 is 5.11 Å². The largest absolute Gasteiger partial charge is 0.391 e. The zero-order chi connectivity index (χ0) is 12.4. The smallest absolute Gasteiger partial charge is 0.138 e. The maximum absolute atomic E-state index is 9.36. The van der Waals surface area contributed by atoms with Gasteiger partial charge in [0.1, 0.15) is 5.15 Å². The molecule has 0 amide bonds. The molecule has 90 valence electrons. The zero-order valence-corrected chi connectivity index (χ0v) is 10.5. The van der Waals surface area contributed by atoms with Gasteiger partial charge in [0.15, 0.2) is 0 Å². The first-order valence-corrected chi connectivity index (χ1v) is 5.81. The highest BCUT2D eigenvalue weighted by atomic mass is 35.5. The molecule has 0 aliphatic carbocycles.